The molecule has 0 aromatic carbocycles. The van der Waals surface area contributed by atoms with E-state index in [9.17, 15) is 19.5 Å². The minimum atomic E-state index is -1.15. The van der Waals surface area contributed by atoms with Gasteiger partial charge < -0.3 is 15.2 Å². The van der Waals surface area contributed by atoms with Crippen LogP contribution in [0.5, 0.6) is 0 Å². The summed E-state index contributed by atoms with van der Waals surface area (Å²) in [5, 5.41) is 13.5. The first-order chi connectivity index (χ1) is 24.1. The lowest BCUT2D eigenvalue weighted by Gasteiger charge is -2.72. The molecule has 0 spiro atoms. The summed E-state index contributed by atoms with van der Waals surface area (Å²) in [6.45, 7) is 25.4. The van der Waals surface area contributed by atoms with Crippen LogP contribution in [0.25, 0.3) is 0 Å². The Labute approximate surface area is 313 Å². The van der Waals surface area contributed by atoms with Crippen molar-refractivity contribution in [1.82, 2.24) is 10.3 Å². The summed E-state index contributed by atoms with van der Waals surface area (Å²) in [5.74, 6) is 0.632. The third-order valence-electron chi connectivity index (χ3n) is 16.5. The number of pyridine rings is 1. The van der Waals surface area contributed by atoms with Crippen LogP contribution < -0.4 is 5.32 Å². The van der Waals surface area contributed by atoms with Crippen LogP contribution >= 0.6 is 0 Å². The number of aromatic nitrogens is 1. The first-order valence-electron chi connectivity index (χ1n) is 20.4. The highest BCUT2D eigenvalue weighted by atomic mass is 16.5. The van der Waals surface area contributed by atoms with E-state index in [1.54, 1.807) is 13.8 Å². The van der Waals surface area contributed by atoms with Crippen molar-refractivity contribution < 1.29 is 24.2 Å². The van der Waals surface area contributed by atoms with Crippen molar-refractivity contribution >= 4 is 17.7 Å². The highest BCUT2D eigenvalue weighted by Gasteiger charge is 2.70. The molecule has 288 valence electrons. The fraction of sp³-hybridized carbons (Fsp3) is 0.778. The molecule has 4 saturated carbocycles. The fourth-order valence-corrected chi connectivity index (χ4v) is 13.4. The van der Waals surface area contributed by atoms with E-state index in [2.05, 4.69) is 84.7 Å². The number of hydrogen-bond donors (Lipinski definition) is 2. The summed E-state index contributed by atoms with van der Waals surface area (Å²) in [6.07, 6.45) is 13.7. The quantitative estimate of drug-likeness (QED) is 0.232. The van der Waals surface area contributed by atoms with Gasteiger partial charge in [0.05, 0.1) is 11.8 Å². The minimum absolute atomic E-state index is 0.0639. The summed E-state index contributed by atoms with van der Waals surface area (Å²) in [6, 6.07) is 4.19. The number of nitrogens with one attached hydrogen (secondary N) is 1. The lowest BCUT2D eigenvalue weighted by molar-refractivity contribution is -0.233. The third-order valence-corrected chi connectivity index (χ3v) is 16.5. The van der Waals surface area contributed by atoms with E-state index in [1.165, 1.54) is 17.6 Å². The van der Waals surface area contributed by atoms with Gasteiger partial charge in [0.25, 0.3) is 0 Å². The summed E-state index contributed by atoms with van der Waals surface area (Å²) < 4.78 is 6.19. The number of carbonyl (C=O) groups is 3. The molecule has 0 bridgehead atoms. The monoisotopic (exact) mass is 717 g/mol. The van der Waals surface area contributed by atoms with Gasteiger partial charge in [-0.15, -0.1) is 0 Å². The van der Waals surface area contributed by atoms with Gasteiger partial charge in [-0.25, -0.2) is 0 Å². The second kappa shape index (κ2) is 13.0. The Morgan fingerprint density at radius 3 is 2.23 bits per heavy atom. The van der Waals surface area contributed by atoms with Gasteiger partial charge in [-0.2, -0.15) is 0 Å². The van der Waals surface area contributed by atoms with Crippen LogP contribution in [0, 0.1) is 56.2 Å². The smallest absolute Gasteiger partial charge is 0.309 e. The zero-order valence-corrected chi connectivity index (χ0v) is 34.2. The Morgan fingerprint density at radius 1 is 0.923 bits per heavy atom. The number of aliphatic carboxylic acids is 1. The van der Waals surface area contributed by atoms with Crippen LogP contribution in [-0.4, -0.2) is 40.5 Å². The summed E-state index contributed by atoms with van der Waals surface area (Å²) in [7, 11) is 0. The number of ether oxygens (including phenoxy) is 1. The summed E-state index contributed by atoms with van der Waals surface area (Å²) >= 11 is 0. The average molecular weight is 717 g/mol. The molecule has 4 fully saturated rings. The van der Waals surface area contributed by atoms with Crippen LogP contribution in [0.3, 0.4) is 0 Å². The van der Waals surface area contributed by atoms with E-state index in [-0.39, 0.29) is 51.1 Å². The molecule has 0 amide bonds. The summed E-state index contributed by atoms with van der Waals surface area (Å²) in [5.41, 5.74) is 2.67. The maximum atomic E-state index is 14.1. The number of carboxylic acids is 1. The fourth-order valence-electron chi connectivity index (χ4n) is 13.4. The Morgan fingerprint density at radius 2 is 1.60 bits per heavy atom. The molecule has 1 heterocycles. The lowest BCUT2D eigenvalue weighted by atomic mass is 9.33. The number of ketones is 1. The number of fused-ring (bicyclic) bond motifs is 7. The van der Waals surface area contributed by atoms with Crippen molar-refractivity contribution in [1.29, 1.82) is 0 Å². The molecule has 6 rings (SSSR count). The topological polar surface area (TPSA) is 106 Å². The molecule has 1 unspecified atom stereocenters. The molecular formula is C45H68N2O5. The first-order valence-corrected chi connectivity index (χ1v) is 20.4. The number of hydrogen-bond acceptors (Lipinski definition) is 6. The molecule has 7 nitrogen and oxygen atoms in total. The number of Topliss-reactive ketones (excluding diaryl/α,β-unsaturated/α-hetero) is 1. The number of esters is 1. The normalized spacial score (nSPS) is 37.2. The maximum Gasteiger partial charge on any atom is 0.309 e. The van der Waals surface area contributed by atoms with E-state index in [4.69, 9.17) is 4.74 Å². The van der Waals surface area contributed by atoms with Crippen LogP contribution in [-0.2, 0) is 24.7 Å². The molecule has 2 N–H and O–H groups in total. The Balaban J connectivity index is 1.26. The average Bonchev–Trinajstić information content (AvgIpc) is 3.35. The molecule has 0 aliphatic heterocycles. The van der Waals surface area contributed by atoms with Gasteiger partial charge in [-0.3, -0.25) is 19.4 Å². The molecule has 5 aliphatic carbocycles. The van der Waals surface area contributed by atoms with E-state index in [1.807, 2.05) is 12.4 Å². The van der Waals surface area contributed by atoms with E-state index in [0.717, 1.165) is 63.5 Å². The SMILES string of the molecule is CC(C)C1=C2[C@H]3CCC4[C@@]5(C)CC[C@H](OC(=O)CC(C)(C)C(=O)O)C(C)(C)[C@@H]5CC[C@@]4(C)[C@]3(C)CC[C@@]2(CCNC(C)(C)c2ccncc2)CC1=O. The molecule has 52 heavy (non-hydrogen) atoms. The van der Waals surface area contributed by atoms with Gasteiger partial charge in [-0.1, -0.05) is 54.0 Å². The molecule has 1 aromatic rings. The zero-order valence-electron chi connectivity index (χ0n) is 34.2. The minimum Gasteiger partial charge on any atom is -0.481 e. The van der Waals surface area contributed by atoms with Crippen molar-refractivity contribution in [2.24, 2.45) is 56.2 Å². The molecule has 0 radical (unpaired) electrons. The third kappa shape index (κ3) is 6.02. The second-order valence-corrected chi connectivity index (χ2v) is 20.7. The number of allylic oxidation sites excluding steroid dienone is 2. The van der Waals surface area contributed by atoms with Gasteiger partial charge in [0.2, 0.25) is 0 Å². The Kier molecular flexibility index (Phi) is 9.83. The van der Waals surface area contributed by atoms with E-state index in [0.29, 0.717) is 30.0 Å². The van der Waals surface area contributed by atoms with Crippen molar-refractivity contribution in [3.63, 3.8) is 0 Å². The van der Waals surface area contributed by atoms with Crippen LogP contribution in [0.15, 0.2) is 35.7 Å². The van der Waals surface area contributed by atoms with Gasteiger partial charge in [-0.05, 0) is 155 Å². The van der Waals surface area contributed by atoms with Gasteiger partial charge >= 0.3 is 11.9 Å². The van der Waals surface area contributed by atoms with Crippen LogP contribution in [0.4, 0.5) is 0 Å². The Bertz CT molecular complexity index is 1610. The molecular weight excluding hydrogens is 649 g/mol. The molecule has 8 atom stereocenters. The van der Waals surface area contributed by atoms with Crippen molar-refractivity contribution in [2.75, 3.05) is 6.54 Å². The second-order valence-electron chi connectivity index (χ2n) is 20.7. The number of carbonyl (C=O) groups excluding carboxylic acids is 2. The molecule has 0 saturated heterocycles. The van der Waals surface area contributed by atoms with Gasteiger partial charge in [0, 0.05) is 35.2 Å². The molecule has 1 aromatic heterocycles. The number of nitrogens with zero attached hydrogens (tertiary/aromatic N) is 1. The molecule has 5 aliphatic rings. The van der Waals surface area contributed by atoms with Crippen molar-refractivity contribution in [3.8, 4) is 0 Å². The zero-order chi connectivity index (χ0) is 38.3. The van der Waals surface area contributed by atoms with Crippen LogP contribution in [0.2, 0.25) is 0 Å². The van der Waals surface area contributed by atoms with Crippen molar-refractivity contribution in [3.05, 3.63) is 41.2 Å². The first kappa shape index (κ1) is 39.2. The van der Waals surface area contributed by atoms with Crippen molar-refractivity contribution in [2.45, 2.75) is 158 Å². The predicted octanol–water partition coefficient (Wildman–Crippen LogP) is 9.69. The molecule has 7 heteroatoms. The van der Waals surface area contributed by atoms with E-state index >= 15 is 0 Å². The maximum absolute atomic E-state index is 14.1. The number of carboxylic acid groups (broad SMARTS) is 1. The standard InChI is InChI=1S/C45H68N2O5/c1-28(2)36-31(48)26-45(22-25-47-41(7,8)29-16-23-46-24-17-29)21-20-43(10)30(37(36)45)12-13-33-42(9)18-15-34(52-35(49)27-39(3,4)38(50)51)40(5,6)32(42)14-19-44(33,43)11/h16-17,23-24,28,30,32-34,47H,12-15,18-22,25-27H2,1-11H3,(H,50,51)/t30-,32+,33?,34+,42+,43-,44-,45-/m1/s1. The largest absolute Gasteiger partial charge is 0.481 e. The van der Waals surface area contributed by atoms with E-state index < -0.39 is 17.4 Å². The Hall–Kier alpha value is -2.54. The van der Waals surface area contributed by atoms with Gasteiger partial charge in [0.1, 0.15) is 6.10 Å². The number of rotatable bonds is 10. The van der Waals surface area contributed by atoms with Gasteiger partial charge in [0.15, 0.2) is 5.78 Å². The lowest BCUT2D eigenvalue weighted by Crippen LogP contribution is -2.65. The summed E-state index contributed by atoms with van der Waals surface area (Å²) in [4.78, 5) is 43.2. The highest BCUT2D eigenvalue weighted by molar-refractivity contribution is 6.00. The predicted molar refractivity (Wildman–Crippen MR) is 205 cm³/mol. The van der Waals surface area contributed by atoms with Crippen LogP contribution in [0.1, 0.15) is 152 Å². The highest BCUT2D eigenvalue weighted by Crippen LogP contribution is 2.77.